The Labute approximate surface area is 132 Å². The van der Waals surface area contributed by atoms with E-state index < -0.39 is 0 Å². The van der Waals surface area contributed by atoms with Crippen LogP contribution in [0.3, 0.4) is 0 Å². The first-order chi connectivity index (χ1) is 11.2. The summed E-state index contributed by atoms with van der Waals surface area (Å²) in [5.74, 6) is 0.682. The summed E-state index contributed by atoms with van der Waals surface area (Å²) in [5, 5.41) is 20.4. The second kappa shape index (κ2) is 5.24. The minimum atomic E-state index is 0.452. The lowest BCUT2D eigenvalue weighted by atomic mass is 10.2. The second-order valence-electron chi connectivity index (χ2n) is 5.36. The van der Waals surface area contributed by atoms with Gasteiger partial charge < -0.3 is 9.94 Å². The molecule has 6 nitrogen and oxygen atoms in total. The van der Waals surface area contributed by atoms with Gasteiger partial charge in [0.15, 0.2) is 0 Å². The molecule has 0 fully saturated rings. The second-order valence-corrected chi connectivity index (χ2v) is 5.36. The molecular formula is C17H14N4O2. The van der Waals surface area contributed by atoms with Crippen LogP contribution in [0.2, 0.25) is 0 Å². The number of aromatic nitrogens is 4. The molecule has 0 aliphatic heterocycles. The monoisotopic (exact) mass is 306 g/mol. The van der Waals surface area contributed by atoms with Gasteiger partial charge >= 0.3 is 0 Å². The molecule has 0 saturated carbocycles. The summed E-state index contributed by atoms with van der Waals surface area (Å²) in [5.41, 5.74) is 3.61. The van der Waals surface area contributed by atoms with Crippen molar-refractivity contribution in [3.8, 4) is 5.75 Å². The zero-order valence-corrected chi connectivity index (χ0v) is 12.5. The van der Waals surface area contributed by atoms with Gasteiger partial charge in [-0.1, -0.05) is 30.3 Å². The fourth-order valence-corrected chi connectivity index (χ4v) is 2.53. The summed E-state index contributed by atoms with van der Waals surface area (Å²) in [6, 6.07) is 15.2. The summed E-state index contributed by atoms with van der Waals surface area (Å²) in [6.45, 7) is 2.34. The first kappa shape index (κ1) is 13.5. The fraction of sp³-hybridized carbons (Fsp3) is 0.118. The van der Waals surface area contributed by atoms with Gasteiger partial charge in [0, 0.05) is 22.8 Å². The highest BCUT2D eigenvalue weighted by Gasteiger charge is 2.15. The Bertz CT molecular complexity index is 996. The molecule has 4 aromatic rings. The molecule has 4 rings (SSSR count). The molecule has 0 saturated heterocycles. The SMILES string of the molecule is Cc1cnn2c1n[n+]([O-])c1ccc(OCc3ccccc3)cc12. The summed E-state index contributed by atoms with van der Waals surface area (Å²) in [7, 11) is 0. The van der Waals surface area contributed by atoms with Crippen LogP contribution in [0.1, 0.15) is 11.1 Å². The van der Waals surface area contributed by atoms with E-state index in [1.807, 2.05) is 43.3 Å². The van der Waals surface area contributed by atoms with Gasteiger partial charge in [0.05, 0.1) is 6.20 Å². The molecule has 2 aromatic heterocycles. The van der Waals surface area contributed by atoms with Crippen LogP contribution < -0.4 is 9.58 Å². The van der Waals surface area contributed by atoms with E-state index in [2.05, 4.69) is 10.2 Å². The van der Waals surface area contributed by atoms with Crippen molar-refractivity contribution in [3.63, 3.8) is 0 Å². The van der Waals surface area contributed by atoms with Gasteiger partial charge in [0.1, 0.15) is 17.9 Å². The van der Waals surface area contributed by atoms with E-state index in [0.29, 0.717) is 33.9 Å². The van der Waals surface area contributed by atoms with Crippen LogP contribution in [-0.4, -0.2) is 14.7 Å². The number of hydrogen-bond donors (Lipinski definition) is 0. The standard InChI is InChI=1S/C17H14N4O2/c1-12-10-18-20-16-9-14(23-11-13-5-3-2-4-6-13)7-8-15(16)21(22)19-17(12)20/h2-10H,11H2,1H3. The third-order valence-electron chi connectivity index (χ3n) is 3.74. The Balaban J connectivity index is 1.76. The van der Waals surface area contributed by atoms with Crippen molar-refractivity contribution in [1.29, 1.82) is 0 Å². The van der Waals surface area contributed by atoms with E-state index >= 15 is 0 Å². The zero-order valence-electron chi connectivity index (χ0n) is 12.5. The molecule has 0 aliphatic rings. The summed E-state index contributed by atoms with van der Waals surface area (Å²) >= 11 is 0. The van der Waals surface area contributed by atoms with E-state index in [1.54, 1.807) is 22.8 Å². The summed E-state index contributed by atoms with van der Waals surface area (Å²) in [4.78, 5) is 0.625. The van der Waals surface area contributed by atoms with Gasteiger partial charge in [-0.3, -0.25) is 0 Å². The minimum absolute atomic E-state index is 0.452. The predicted octanol–water partition coefficient (Wildman–Crippen LogP) is 2.40. The van der Waals surface area contributed by atoms with Crippen molar-refractivity contribution in [2.24, 2.45) is 0 Å². The smallest absolute Gasteiger partial charge is 0.270 e. The maximum Gasteiger partial charge on any atom is 0.270 e. The molecule has 0 aliphatic carbocycles. The van der Waals surface area contributed by atoms with Crippen molar-refractivity contribution in [1.82, 2.24) is 14.7 Å². The van der Waals surface area contributed by atoms with Crippen LogP contribution >= 0.6 is 0 Å². The van der Waals surface area contributed by atoms with Gasteiger partial charge in [0.2, 0.25) is 5.65 Å². The lowest BCUT2D eigenvalue weighted by Crippen LogP contribution is -2.33. The van der Waals surface area contributed by atoms with Crippen molar-refractivity contribution in [2.75, 3.05) is 0 Å². The molecule has 2 heterocycles. The first-order valence-electron chi connectivity index (χ1n) is 7.27. The van der Waals surface area contributed by atoms with Gasteiger partial charge in [-0.15, -0.1) is 0 Å². The third kappa shape index (κ3) is 2.34. The maximum atomic E-state index is 12.1. The largest absolute Gasteiger partial charge is 0.594 e. The Kier molecular flexibility index (Phi) is 3.08. The van der Waals surface area contributed by atoms with Crippen LogP contribution in [0.25, 0.3) is 16.7 Å². The van der Waals surface area contributed by atoms with Crippen LogP contribution in [0.5, 0.6) is 5.75 Å². The van der Waals surface area contributed by atoms with Crippen molar-refractivity contribution >= 4 is 16.7 Å². The first-order valence-corrected chi connectivity index (χ1v) is 7.27. The van der Waals surface area contributed by atoms with E-state index in [1.165, 1.54) is 0 Å². The highest BCUT2D eigenvalue weighted by atomic mass is 16.5. The Morgan fingerprint density at radius 3 is 2.83 bits per heavy atom. The lowest BCUT2D eigenvalue weighted by Gasteiger charge is -2.07. The number of benzene rings is 2. The van der Waals surface area contributed by atoms with Gasteiger partial charge in [-0.05, 0) is 23.4 Å². The fourth-order valence-electron chi connectivity index (χ4n) is 2.53. The highest BCUT2D eigenvalue weighted by molar-refractivity contribution is 5.75. The molecular weight excluding hydrogens is 292 g/mol. The van der Waals surface area contributed by atoms with Crippen LogP contribution in [0.15, 0.2) is 54.7 Å². The Morgan fingerprint density at radius 1 is 1.17 bits per heavy atom. The number of nitrogens with zero attached hydrogens (tertiary/aromatic N) is 4. The highest BCUT2D eigenvalue weighted by Crippen LogP contribution is 2.20. The summed E-state index contributed by atoms with van der Waals surface area (Å²) < 4.78 is 7.48. The lowest BCUT2D eigenvalue weighted by molar-refractivity contribution is -0.640. The molecule has 0 radical (unpaired) electrons. The van der Waals surface area contributed by atoms with Crippen molar-refractivity contribution in [3.05, 3.63) is 71.1 Å². The van der Waals surface area contributed by atoms with Crippen LogP contribution in [-0.2, 0) is 6.61 Å². The molecule has 114 valence electrons. The molecule has 0 spiro atoms. The molecule has 0 unspecified atom stereocenters. The number of fused-ring (bicyclic) bond motifs is 3. The number of hydrogen-bond acceptors (Lipinski definition) is 4. The third-order valence-corrected chi connectivity index (χ3v) is 3.74. The van der Waals surface area contributed by atoms with E-state index in [-0.39, 0.29) is 0 Å². The van der Waals surface area contributed by atoms with Crippen LogP contribution in [0, 0.1) is 12.1 Å². The topological polar surface area (TPSA) is 66.4 Å². The Hall–Kier alpha value is -3.15. The maximum absolute atomic E-state index is 12.1. The van der Waals surface area contributed by atoms with Crippen LogP contribution in [0.4, 0.5) is 0 Å². The number of rotatable bonds is 3. The van der Waals surface area contributed by atoms with E-state index in [0.717, 1.165) is 11.1 Å². The van der Waals surface area contributed by atoms with Gasteiger partial charge in [-0.25, -0.2) is 4.52 Å². The zero-order chi connectivity index (χ0) is 15.8. The van der Waals surface area contributed by atoms with E-state index in [4.69, 9.17) is 4.74 Å². The molecule has 0 N–H and O–H groups in total. The molecule has 0 amide bonds. The average Bonchev–Trinajstić information content (AvgIpc) is 2.95. The predicted molar refractivity (Wildman–Crippen MR) is 85.0 cm³/mol. The molecule has 0 bridgehead atoms. The molecule has 0 atom stereocenters. The van der Waals surface area contributed by atoms with Crippen molar-refractivity contribution in [2.45, 2.75) is 13.5 Å². The van der Waals surface area contributed by atoms with Crippen molar-refractivity contribution < 1.29 is 9.58 Å². The molecule has 6 heteroatoms. The molecule has 2 aromatic carbocycles. The minimum Gasteiger partial charge on any atom is -0.594 e. The molecule has 23 heavy (non-hydrogen) atoms. The van der Waals surface area contributed by atoms with E-state index in [9.17, 15) is 5.21 Å². The summed E-state index contributed by atoms with van der Waals surface area (Å²) in [6.07, 6.45) is 1.69. The normalized spacial score (nSPS) is 11.2. The van der Waals surface area contributed by atoms with Gasteiger partial charge in [-0.2, -0.15) is 5.10 Å². The number of ether oxygens (including phenoxy) is 1. The quantitative estimate of drug-likeness (QED) is 0.430. The van der Waals surface area contributed by atoms with Gasteiger partial charge in [0.25, 0.3) is 5.52 Å². The number of aryl methyl sites for hydroxylation is 1. The Morgan fingerprint density at radius 2 is 2.00 bits per heavy atom. The average molecular weight is 306 g/mol.